The Morgan fingerprint density at radius 2 is 2.00 bits per heavy atom. The quantitative estimate of drug-likeness (QED) is 0.541. The molecule has 0 unspecified atom stereocenters. The molecule has 0 saturated heterocycles. The fourth-order valence-electron chi connectivity index (χ4n) is 1.37. The van der Waals surface area contributed by atoms with Crippen LogP contribution in [0.3, 0.4) is 0 Å². The largest absolute Gasteiger partial charge is 0.293 e. The van der Waals surface area contributed by atoms with Crippen molar-refractivity contribution < 1.29 is 13.6 Å². The van der Waals surface area contributed by atoms with Crippen LogP contribution < -0.4 is 0 Å². The van der Waals surface area contributed by atoms with Crippen molar-refractivity contribution in [2.45, 2.75) is 26.2 Å². The molecule has 0 heterocycles. The first-order valence-corrected chi connectivity index (χ1v) is 6.86. The first kappa shape index (κ1) is 14.2. The molecule has 0 spiro atoms. The van der Waals surface area contributed by atoms with Gasteiger partial charge in [-0.25, -0.2) is 8.78 Å². The van der Waals surface area contributed by atoms with Crippen molar-refractivity contribution in [3.8, 4) is 0 Å². The summed E-state index contributed by atoms with van der Waals surface area (Å²) in [7, 11) is 0. The van der Waals surface area contributed by atoms with Gasteiger partial charge in [0, 0.05) is 5.56 Å². The molecule has 17 heavy (non-hydrogen) atoms. The summed E-state index contributed by atoms with van der Waals surface area (Å²) >= 11 is 1.54. The van der Waals surface area contributed by atoms with E-state index in [4.69, 9.17) is 0 Å². The van der Waals surface area contributed by atoms with Crippen LogP contribution >= 0.6 is 11.8 Å². The number of carbonyl (C=O) groups excluding carboxylic acids is 1. The second-order valence-electron chi connectivity index (χ2n) is 3.81. The van der Waals surface area contributed by atoms with E-state index in [-0.39, 0.29) is 11.3 Å². The van der Waals surface area contributed by atoms with Crippen LogP contribution in [0.1, 0.15) is 36.5 Å². The molecule has 0 saturated carbocycles. The van der Waals surface area contributed by atoms with E-state index in [9.17, 15) is 13.6 Å². The molecular weight excluding hydrogens is 242 g/mol. The highest BCUT2D eigenvalue weighted by Gasteiger charge is 2.09. The molecule has 1 nitrogen and oxygen atoms in total. The van der Waals surface area contributed by atoms with Crippen molar-refractivity contribution in [1.82, 2.24) is 0 Å². The number of carbonyl (C=O) groups is 1. The summed E-state index contributed by atoms with van der Waals surface area (Å²) in [5.74, 6) is -0.771. The van der Waals surface area contributed by atoms with E-state index >= 15 is 0 Å². The van der Waals surface area contributed by atoms with E-state index in [2.05, 4.69) is 6.92 Å². The maximum absolute atomic E-state index is 12.9. The van der Waals surface area contributed by atoms with Crippen LogP contribution in [0.15, 0.2) is 18.2 Å². The summed E-state index contributed by atoms with van der Waals surface area (Å²) < 4.78 is 25.6. The molecule has 0 aliphatic rings. The van der Waals surface area contributed by atoms with Gasteiger partial charge in [-0.15, -0.1) is 0 Å². The van der Waals surface area contributed by atoms with Crippen LogP contribution in [-0.2, 0) is 0 Å². The van der Waals surface area contributed by atoms with Gasteiger partial charge in [-0.05, 0) is 30.4 Å². The maximum Gasteiger partial charge on any atom is 0.172 e. The highest BCUT2D eigenvalue weighted by Crippen LogP contribution is 2.13. The van der Waals surface area contributed by atoms with Crippen molar-refractivity contribution in [3.63, 3.8) is 0 Å². The summed E-state index contributed by atoms with van der Waals surface area (Å²) in [6.45, 7) is 2.12. The zero-order valence-corrected chi connectivity index (χ0v) is 10.7. The second kappa shape index (κ2) is 7.43. The van der Waals surface area contributed by atoms with Gasteiger partial charge in [-0.1, -0.05) is 19.8 Å². The Morgan fingerprint density at radius 1 is 1.24 bits per heavy atom. The van der Waals surface area contributed by atoms with E-state index in [0.29, 0.717) is 5.75 Å². The van der Waals surface area contributed by atoms with Gasteiger partial charge < -0.3 is 0 Å². The van der Waals surface area contributed by atoms with Crippen LogP contribution in [0.5, 0.6) is 0 Å². The van der Waals surface area contributed by atoms with Gasteiger partial charge in [0.2, 0.25) is 0 Å². The minimum Gasteiger partial charge on any atom is -0.293 e. The normalized spacial score (nSPS) is 10.5. The monoisotopic (exact) mass is 258 g/mol. The standard InChI is InChI=1S/C13H16F2OS/c1-2-3-4-7-17-9-13(16)10-5-6-11(14)12(15)8-10/h5-6,8H,2-4,7,9H2,1H3. The Balaban J connectivity index is 2.39. The summed E-state index contributed by atoms with van der Waals surface area (Å²) in [6.07, 6.45) is 3.40. The molecule has 0 aliphatic carbocycles. The minimum absolute atomic E-state index is 0.148. The lowest BCUT2D eigenvalue weighted by molar-refractivity contribution is 0.102. The molecule has 1 aromatic carbocycles. The third kappa shape index (κ3) is 4.86. The van der Waals surface area contributed by atoms with E-state index in [0.717, 1.165) is 37.1 Å². The highest BCUT2D eigenvalue weighted by atomic mass is 32.2. The lowest BCUT2D eigenvalue weighted by atomic mass is 10.1. The molecule has 0 aliphatic heterocycles. The van der Waals surface area contributed by atoms with Crippen molar-refractivity contribution in [1.29, 1.82) is 0 Å². The van der Waals surface area contributed by atoms with Gasteiger partial charge in [0.25, 0.3) is 0 Å². The topological polar surface area (TPSA) is 17.1 Å². The molecule has 4 heteroatoms. The third-order valence-electron chi connectivity index (χ3n) is 2.37. The number of ketones is 1. The molecular formula is C13H16F2OS. The van der Waals surface area contributed by atoms with Crippen LogP contribution in [0.2, 0.25) is 0 Å². The van der Waals surface area contributed by atoms with Gasteiger partial charge in [0.15, 0.2) is 17.4 Å². The molecule has 0 atom stereocenters. The van der Waals surface area contributed by atoms with Crippen LogP contribution in [0.4, 0.5) is 8.78 Å². The Bertz CT molecular complexity index is 380. The minimum atomic E-state index is -0.966. The van der Waals surface area contributed by atoms with Crippen molar-refractivity contribution in [3.05, 3.63) is 35.4 Å². The van der Waals surface area contributed by atoms with Crippen LogP contribution in [-0.4, -0.2) is 17.3 Å². The molecule has 0 aromatic heterocycles. The van der Waals surface area contributed by atoms with E-state index in [1.165, 1.54) is 6.07 Å². The summed E-state index contributed by atoms with van der Waals surface area (Å²) in [5.41, 5.74) is 0.242. The van der Waals surface area contributed by atoms with E-state index in [1.807, 2.05) is 0 Å². The number of hydrogen-bond donors (Lipinski definition) is 0. The Hall–Kier alpha value is -0.900. The lowest BCUT2D eigenvalue weighted by Crippen LogP contribution is -2.04. The number of benzene rings is 1. The average molecular weight is 258 g/mol. The predicted octanol–water partition coefficient (Wildman–Crippen LogP) is 4.07. The molecule has 1 rings (SSSR count). The Labute approximate surface area is 105 Å². The van der Waals surface area contributed by atoms with Crippen LogP contribution in [0.25, 0.3) is 0 Å². The third-order valence-corrected chi connectivity index (χ3v) is 3.41. The molecule has 0 radical (unpaired) electrons. The van der Waals surface area contributed by atoms with Gasteiger partial charge >= 0.3 is 0 Å². The molecule has 1 aromatic rings. The lowest BCUT2D eigenvalue weighted by Gasteiger charge is -2.02. The first-order chi connectivity index (χ1) is 8.15. The first-order valence-electron chi connectivity index (χ1n) is 5.71. The molecule has 0 amide bonds. The second-order valence-corrected chi connectivity index (χ2v) is 4.92. The summed E-state index contributed by atoms with van der Waals surface area (Å²) in [4.78, 5) is 11.6. The number of unbranched alkanes of at least 4 members (excludes halogenated alkanes) is 2. The zero-order valence-electron chi connectivity index (χ0n) is 9.84. The van der Waals surface area contributed by atoms with E-state index < -0.39 is 11.6 Å². The fraction of sp³-hybridized carbons (Fsp3) is 0.462. The Kier molecular flexibility index (Phi) is 6.19. The number of thioether (sulfide) groups is 1. The molecule has 0 bridgehead atoms. The number of halogens is 2. The van der Waals surface area contributed by atoms with Crippen molar-refractivity contribution in [2.24, 2.45) is 0 Å². The number of Topliss-reactive ketones (excluding diaryl/α,β-unsaturated/α-hetero) is 1. The van der Waals surface area contributed by atoms with Crippen molar-refractivity contribution in [2.75, 3.05) is 11.5 Å². The van der Waals surface area contributed by atoms with Gasteiger partial charge in [0.1, 0.15) is 0 Å². The predicted molar refractivity (Wildman–Crippen MR) is 67.5 cm³/mol. The van der Waals surface area contributed by atoms with Crippen molar-refractivity contribution >= 4 is 17.5 Å². The fourth-order valence-corrected chi connectivity index (χ4v) is 2.28. The smallest absolute Gasteiger partial charge is 0.172 e. The molecule has 0 fully saturated rings. The number of hydrogen-bond acceptors (Lipinski definition) is 2. The highest BCUT2D eigenvalue weighted by molar-refractivity contribution is 7.99. The van der Waals surface area contributed by atoms with E-state index in [1.54, 1.807) is 11.8 Å². The Morgan fingerprint density at radius 3 is 2.65 bits per heavy atom. The van der Waals surface area contributed by atoms with Gasteiger partial charge in [0.05, 0.1) is 5.75 Å². The SMILES string of the molecule is CCCCCSCC(=O)c1ccc(F)c(F)c1. The molecule has 0 N–H and O–H groups in total. The van der Waals surface area contributed by atoms with Gasteiger partial charge in [-0.3, -0.25) is 4.79 Å². The average Bonchev–Trinajstić information content (AvgIpc) is 2.32. The van der Waals surface area contributed by atoms with Gasteiger partial charge in [-0.2, -0.15) is 11.8 Å². The maximum atomic E-state index is 12.9. The van der Waals surface area contributed by atoms with Crippen LogP contribution in [0, 0.1) is 11.6 Å². The summed E-state index contributed by atoms with van der Waals surface area (Å²) in [5, 5.41) is 0. The zero-order chi connectivity index (χ0) is 12.7. The summed E-state index contributed by atoms with van der Waals surface area (Å²) in [6, 6.07) is 3.28. The number of rotatable bonds is 7. The molecule has 94 valence electrons.